The molecule has 0 bridgehead atoms. The Balaban J connectivity index is 2.32. The molecule has 1 nitrogen and oxygen atoms in total. The molecule has 2 heteroatoms. The molecule has 0 amide bonds. The normalized spacial score (nSPS) is 29.6. The molecule has 1 atom stereocenters. The number of rotatable bonds is 0. The Morgan fingerprint density at radius 3 is 2.86 bits per heavy atom. The van der Waals surface area contributed by atoms with Gasteiger partial charge in [0.15, 0.2) is 0 Å². The van der Waals surface area contributed by atoms with Gasteiger partial charge in [0.05, 0.1) is 0 Å². The first-order chi connectivity index (χ1) is 3.39. The largest absolute Gasteiger partial charge is 0.390 e. The third-order valence-electron chi connectivity index (χ3n) is 0.967. The van der Waals surface area contributed by atoms with Crippen molar-refractivity contribution in [2.24, 2.45) is 0 Å². The van der Waals surface area contributed by atoms with Gasteiger partial charge in [-0.2, -0.15) is 0 Å². The van der Waals surface area contributed by atoms with E-state index in [-0.39, 0.29) is 0 Å². The third kappa shape index (κ3) is 1.51. The van der Waals surface area contributed by atoms with Crippen molar-refractivity contribution in [3.8, 4) is 0 Å². The first kappa shape index (κ1) is 5.16. The van der Waals surface area contributed by atoms with Crippen molar-refractivity contribution < 1.29 is 0 Å². The summed E-state index contributed by atoms with van der Waals surface area (Å²) in [5.74, 6) is 0. The number of halogens is 1. The third-order valence-corrected chi connectivity index (χ3v) is 1.66. The molecule has 0 unspecified atom stereocenters. The highest BCUT2D eigenvalue weighted by Gasteiger charge is 2.01. The minimum atomic E-state index is 0.650. The van der Waals surface area contributed by atoms with E-state index in [1.165, 1.54) is 0 Å². The van der Waals surface area contributed by atoms with Crippen LogP contribution >= 0.6 is 15.9 Å². The number of alkyl halides is 1. The maximum atomic E-state index is 3.47. The maximum Gasteiger partial charge on any atom is 0.0353 e. The van der Waals surface area contributed by atoms with Crippen LogP contribution in [0.2, 0.25) is 0 Å². The van der Waals surface area contributed by atoms with E-state index in [9.17, 15) is 0 Å². The van der Waals surface area contributed by atoms with E-state index in [4.69, 9.17) is 0 Å². The van der Waals surface area contributed by atoms with Crippen molar-refractivity contribution in [3.63, 3.8) is 0 Å². The monoisotopic (exact) mass is 161 g/mol. The second-order valence-corrected chi connectivity index (χ2v) is 2.94. The van der Waals surface area contributed by atoms with Gasteiger partial charge < -0.3 is 5.32 Å². The first-order valence-corrected chi connectivity index (χ1v) is 3.33. The predicted molar refractivity (Wildman–Crippen MR) is 34.5 cm³/mol. The summed E-state index contributed by atoms with van der Waals surface area (Å²) >= 11 is 3.47. The van der Waals surface area contributed by atoms with E-state index in [1.54, 1.807) is 0 Å². The number of hydrogen-bond donors (Lipinski definition) is 1. The van der Waals surface area contributed by atoms with Crippen molar-refractivity contribution in [2.75, 3.05) is 6.54 Å². The molecule has 0 radical (unpaired) electrons. The maximum absolute atomic E-state index is 3.47. The second kappa shape index (κ2) is 2.36. The average Bonchev–Trinajstić information content (AvgIpc) is 1.69. The van der Waals surface area contributed by atoms with Crippen LogP contribution in [0.1, 0.15) is 6.42 Å². The standard InChI is InChI=1S/C5H8BrN/c6-5-2-1-3-7-4-5/h1,3,5,7H,2,4H2/t5-/m0/s1. The minimum Gasteiger partial charge on any atom is -0.390 e. The van der Waals surface area contributed by atoms with Crippen LogP contribution in [0.5, 0.6) is 0 Å². The van der Waals surface area contributed by atoms with Crippen LogP contribution in [0, 0.1) is 0 Å². The molecule has 0 spiro atoms. The summed E-state index contributed by atoms with van der Waals surface area (Å²) in [5, 5.41) is 3.11. The Labute approximate surface area is 51.9 Å². The van der Waals surface area contributed by atoms with Gasteiger partial charge in [0.25, 0.3) is 0 Å². The van der Waals surface area contributed by atoms with Gasteiger partial charge in [-0.15, -0.1) is 0 Å². The fourth-order valence-electron chi connectivity index (χ4n) is 0.578. The van der Waals surface area contributed by atoms with Crippen molar-refractivity contribution >= 4 is 15.9 Å². The summed E-state index contributed by atoms with van der Waals surface area (Å²) in [6, 6.07) is 0. The van der Waals surface area contributed by atoms with E-state index < -0.39 is 0 Å². The second-order valence-electron chi connectivity index (χ2n) is 1.64. The number of nitrogens with one attached hydrogen (secondary N) is 1. The van der Waals surface area contributed by atoms with Crippen molar-refractivity contribution in [1.29, 1.82) is 0 Å². The lowest BCUT2D eigenvalue weighted by molar-refractivity contribution is 0.753. The molecule has 0 fully saturated rings. The van der Waals surface area contributed by atoms with Crippen LogP contribution in [0.3, 0.4) is 0 Å². The average molecular weight is 162 g/mol. The van der Waals surface area contributed by atoms with Crippen LogP contribution in [0.25, 0.3) is 0 Å². The lowest BCUT2D eigenvalue weighted by atomic mass is 10.2. The summed E-state index contributed by atoms with van der Waals surface area (Å²) in [5.41, 5.74) is 0. The fourth-order valence-corrected chi connectivity index (χ4v) is 0.981. The zero-order valence-corrected chi connectivity index (χ0v) is 5.61. The SMILES string of the molecule is Br[C@H]1CC=CNC1. The van der Waals surface area contributed by atoms with Gasteiger partial charge in [-0.25, -0.2) is 0 Å². The molecule has 0 saturated carbocycles. The van der Waals surface area contributed by atoms with Gasteiger partial charge in [0, 0.05) is 11.4 Å². The minimum absolute atomic E-state index is 0.650. The van der Waals surface area contributed by atoms with Gasteiger partial charge >= 0.3 is 0 Å². The van der Waals surface area contributed by atoms with Crippen LogP contribution < -0.4 is 5.32 Å². The predicted octanol–water partition coefficient (Wildman–Crippen LogP) is 1.26. The Kier molecular flexibility index (Phi) is 1.74. The number of hydrogen-bond acceptors (Lipinski definition) is 1. The van der Waals surface area contributed by atoms with Crippen LogP contribution in [-0.4, -0.2) is 11.4 Å². The molecule has 0 aromatic rings. The molecule has 1 aliphatic rings. The molecule has 40 valence electrons. The van der Waals surface area contributed by atoms with Gasteiger partial charge in [-0.05, 0) is 12.6 Å². The fraction of sp³-hybridized carbons (Fsp3) is 0.600. The molecule has 1 N–H and O–H groups in total. The molecule has 0 saturated heterocycles. The molecule has 7 heavy (non-hydrogen) atoms. The topological polar surface area (TPSA) is 12.0 Å². The van der Waals surface area contributed by atoms with Crippen LogP contribution in [0.4, 0.5) is 0 Å². The molecule has 1 rings (SSSR count). The molecular formula is C5H8BrN. The highest BCUT2D eigenvalue weighted by atomic mass is 79.9. The zero-order chi connectivity index (χ0) is 5.11. The van der Waals surface area contributed by atoms with E-state index >= 15 is 0 Å². The smallest absolute Gasteiger partial charge is 0.0353 e. The summed E-state index contributed by atoms with van der Waals surface area (Å²) < 4.78 is 0. The van der Waals surface area contributed by atoms with Crippen LogP contribution in [0.15, 0.2) is 12.3 Å². The van der Waals surface area contributed by atoms with E-state index in [0.29, 0.717) is 4.83 Å². The lowest BCUT2D eigenvalue weighted by Gasteiger charge is -2.10. The van der Waals surface area contributed by atoms with Gasteiger partial charge in [0.2, 0.25) is 0 Å². The summed E-state index contributed by atoms with van der Waals surface area (Å²) in [4.78, 5) is 0.650. The first-order valence-electron chi connectivity index (χ1n) is 2.42. The molecular weight excluding hydrogens is 154 g/mol. The van der Waals surface area contributed by atoms with Gasteiger partial charge in [0.1, 0.15) is 0 Å². The summed E-state index contributed by atoms with van der Waals surface area (Å²) in [6.45, 7) is 1.07. The Morgan fingerprint density at radius 1 is 1.71 bits per heavy atom. The van der Waals surface area contributed by atoms with E-state index in [1.807, 2.05) is 6.20 Å². The molecule has 0 aromatic heterocycles. The van der Waals surface area contributed by atoms with E-state index in [2.05, 4.69) is 27.3 Å². The quantitative estimate of drug-likeness (QED) is 0.528. The van der Waals surface area contributed by atoms with Gasteiger partial charge in [-0.3, -0.25) is 0 Å². The summed E-state index contributed by atoms with van der Waals surface area (Å²) in [7, 11) is 0. The zero-order valence-electron chi connectivity index (χ0n) is 4.02. The van der Waals surface area contributed by atoms with Crippen molar-refractivity contribution in [3.05, 3.63) is 12.3 Å². The van der Waals surface area contributed by atoms with Gasteiger partial charge in [-0.1, -0.05) is 22.0 Å². The Morgan fingerprint density at radius 2 is 2.57 bits per heavy atom. The Bertz CT molecular complexity index is 80.1. The van der Waals surface area contributed by atoms with Crippen molar-refractivity contribution in [1.82, 2.24) is 5.32 Å². The molecule has 0 aliphatic carbocycles. The molecule has 1 aliphatic heterocycles. The van der Waals surface area contributed by atoms with Crippen molar-refractivity contribution in [2.45, 2.75) is 11.2 Å². The molecule has 1 heterocycles. The van der Waals surface area contributed by atoms with Crippen LogP contribution in [-0.2, 0) is 0 Å². The molecule has 0 aromatic carbocycles. The summed E-state index contributed by atoms with van der Waals surface area (Å²) in [6.07, 6.45) is 5.29. The Hall–Kier alpha value is 0.0200. The lowest BCUT2D eigenvalue weighted by Crippen LogP contribution is -2.20. The van der Waals surface area contributed by atoms with E-state index in [0.717, 1.165) is 13.0 Å². The number of allylic oxidation sites excluding steroid dienone is 1. The highest BCUT2D eigenvalue weighted by molar-refractivity contribution is 9.09. The highest BCUT2D eigenvalue weighted by Crippen LogP contribution is 2.06.